The van der Waals surface area contributed by atoms with Gasteiger partial charge in [0.25, 0.3) is 0 Å². The number of carbonyl (C=O) groups excluding carboxylic acids is 1. The molecule has 104 valence electrons. The molecule has 1 heterocycles. The van der Waals surface area contributed by atoms with Crippen LogP contribution < -0.4 is 10.6 Å². The molecule has 0 bridgehead atoms. The molecule has 1 aliphatic carbocycles. The third-order valence-corrected chi connectivity index (χ3v) is 4.27. The molecule has 0 saturated heterocycles. The van der Waals surface area contributed by atoms with E-state index >= 15 is 0 Å². The molecule has 2 rings (SSSR count). The Morgan fingerprint density at radius 2 is 2.32 bits per heavy atom. The van der Waals surface area contributed by atoms with Gasteiger partial charge in [-0.25, -0.2) is 9.78 Å². The highest BCUT2D eigenvalue weighted by Gasteiger charge is 2.19. The summed E-state index contributed by atoms with van der Waals surface area (Å²) in [5, 5.41) is 15.6. The van der Waals surface area contributed by atoms with E-state index in [0.29, 0.717) is 6.54 Å². The largest absolute Gasteiger partial charge is 0.396 e. The zero-order valence-corrected chi connectivity index (χ0v) is 12.0. The van der Waals surface area contributed by atoms with Gasteiger partial charge in [0.15, 0.2) is 0 Å². The number of hydrogen-bond donors (Lipinski definition) is 3. The van der Waals surface area contributed by atoms with Crippen molar-refractivity contribution in [2.45, 2.75) is 32.9 Å². The van der Waals surface area contributed by atoms with Crippen molar-refractivity contribution in [3.8, 4) is 0 Å². The van der Waals surface area contributed by atoms with E-state index in [1.807, 2.05) is 26.0 Å². The smallest absolute Gasteiger partial charge is 0.315 e. The standard InChI is InChI=1S/C13H19N3O2S/c1-8-9(2)19-12(15-8)6-14-13(18)16-11-4-3-10(5-11)7-17/h3-4,10-11,17H,5-7H2,1-2H3,(H2,14,16,18)/t10-,11+/m0/s1. The van der Waals surface area contributed by atoms with Gasteiger partial charge >= 0.3 is 6.03 Å². The van der Waals surface area contributed by atoms with Crippen LogP contribution in [-0.2, 0) is 6.54 Å². The second-order valence-corrected chi connectivity index (χ2v) is 6.03. The fourth-order valence-corrected chi connectivity index (χ4v) is 2.88. The maximum atomic E-state index is 11.7. The second-order valence-electron chi connectivity index (χ2n) is 4.75. The molecule has 2 atom stereocenters. The molecule has 0 aromatic carbocycles. The lowest BCUT2D eigenvalue weighted by atomic mass is 10.1. The zero-order chi connectivity index (χ0) is 13.8. The van der Waals surface area contributed by atoms with E-state index in [1.165, 1.54) is 4.88 Å². The lowest BCUT2D eigenvalue weighted by Crippen LogP contribution is -2.40. The number of hydrogen-bond acceptors (Lipinski definition) is 4. The summed E-state index contributed by atoms with van der Waals surface area (Å²) in [7, 11) is 0. The Kier molecular flexibility index (Phi) is 4.55. The molecular weight excluding hydrogens is 262 g/mol. The van der Waals surface area contributed by atoms with Gasteiger partial charge in [-0.3, -0.25) is 0 Å². The summed E-state index contributed by atoms with van der Waals surface area (Å²) < 4.78 is 0. The van der Waals surface area contributed by atoms with Crippen molar-refractivity contribution in [3.05, 3.63) is 27.7 Å². The van der Waals surface area contributed by atoms with Crippen LogP contribution in [0, 0.1) is 19.8 Å². The third-order valence-electron chi connectivity index (χ3n) is 3.20. The number of nitrogens with zero attached hydrogens (tertiary/aromatic N) is 1. The van der Waals surface area contributed by atoms with Crippen molar-refractivity contribution in [2.75, 3.05) is 6.61 Å². The molecule has 0 unspecified atom stereocenters. The van der Waals surface area contributed by atoms with Gasteiger partial charge in [-0.05, 0) is 20.3 Å². The molecule has 2 amide bonds. The van der Waals surface area contributed by atoms with Crippen molar-refractivity contribution in [1.82, 2.24) is 15.6 Å². The number of aromatic nitrogens is 1. The van der Waals surface area contributed by atoms with Crippen molar-refractivity contribution in [1.29, 1.82) is 0 Å². The van der Waals surface area contributed by atoms with Crippen LogP contribution in [-0.4, -0.2) is 28.8 Å². The summed E-state index contributed by atoms with van der Waals surface area (Å²) in [6.07, 6.45) is 4.63. The summed E-state index contributed by atoms with van der Waals surface area (Å²) in [5.74, 6) is 0.162. The van der Waals surface area contributed by atoms with Gasteiger partial charge < -0.3 is 15.7 Å². The SMILES string of the molecule is Cc1nc(CNC(=O)N[C@@H]2C=C[C@H](CO)C2)sc1C. The Labute approximate surface area is 116 Å². The molecule has 1 aliphatic rings. The van der Waals surface area contributed by atoms with Crippen LogP contribution in [0.4, 0.5) is 4.79 Å². The van der Waals surface area contributed by atoms with E-state index in [9.17, 15) is 4.79 Å². The molecule has 6 heteroatoms. The van der Waals surface area contributed by atoms with Gasteiger partial charge in [-0.15, -0.1) is 11.3 Å². The van der Waals surface area contributed by atoms with Gasteiger partial charge in [0.05, 0.1) is 12.2 Å². The fourth-order valence-electron chi connectivity index (χ4n) is 2.01. The quantitative estimate of drug-likeness (QED) is 0.732. The number of rotatable bonds is 4. The normalized spacial score (nSPS) is 21.6. The van der Waals surface area contributed by atoms with Crippen LogP contribution in [0.3, 0.4) is 0 Å². The second kappa shape index (κ2) is 6.16. The van der Waals surface area contributed by atoms with E-state index in [0.717, 1.165) is 17.1 Å². The fraction of sp³-hybridized carbons (Fsp3) is 0.538. The van der Waals surface area contributed by atoms with Crippen LogP contribution in [0.5, 0.6) is 0 Å². The molecular formula is C13H19N3O2S. The maximum absolute atomic E-state index is 11.7. The summed E-state index contributed by atoms with van der Waals surface area (Å²) >= 11 is 1.60. The number of amides is 2. The minimum absolute atomic E-state index is 0.0110. The Hall–Kier alpha value is -1.40. The highest BCUT2D eigenvalue weighted by Crippen LogP contribution is 2.17. The molecule has 0 spiro atoms. The first-order chi connectivity index (χ1) is 9.08. The van der Waals surface area contributed by atoms with E-state index in [2.05, 4.69) is 15.6 Å². The lowest BCUT2D eigenvalue weighted by Gasteiger charge is -2.13. The van der Waals surface area contributed by atoms with Crippen molar-refractivity contribution >= 4 is 17.4 Å². The first-order valence-corrected chi connectivity index (χ1v) is 7.16. The van der Waals surface area contributed by atoms with Crippen LogP contribution in [0.1, 0.15) is 22.0 Å². The van der Waals surface area contributed by atoms with Gasteiger partial charge in [0.1, 0.15) is 5.01 Å². The topological polar surface area (TPSA) is 74.2 Å². The number of aliphatic hydroxyl groups excluding tert-OH is 1. The average molecular weight is 281 g/mol. The minimum Gasteiger partial charge on any atom is -0.396 e. The number of aryl methyl sites for hydroxylation is 2. The summed E-state index contributed by atoms with van der Waals surface area (Å²) in [4.78, 5) is 17.3. The number of aliphatic hydroxyl groups is 1. The predicted molar refractivity (Wildman–Crippen MR) is 75.1 cm³/mol. The molecule has 1 aromatic heterocycles. The van der Waals surface area contributed by atoms with Gasteiger partial charge in [-0.2, -0.15) is 0 Å². The summed E-state index contributed by atoms with van der Waals surface area (Å²) in [6, 6.07) is -0.185. The van der Waals surface area contributed by atoms with Crippen molar-refractivity contribution in [2.24, 2.45) is 5.92 Å². The Morgan fingerprint density at radius 1 is 1.53 bits per heavy atom. The van der Waals surface area contributed by atoms with Crippen molar-refractivity contribution < 1.29 is 9.90 Å². The minimum atomic E-state index is -0.196. The van der Waals surface area contributed by atoms with E-state index in [1.54, 1.807) is 11.3 Å². The average Bonchev–Trinajstić information content (AvgIpc) is 2.95. The molecule has 3 N–H and O–H groups in total. The summed E-state index contributed by atoms with van der Waals surface area (Å²) in [5.41, 5.74) is 1.02. The van der Waals surface area contributed by atoms with E-state index < -0.39 is 0 Å². The van der Waals surface area contributed by atoms with Crippen LogP contribution in [0.25, 0.3) is 0 Å². The van der Waals surface area contributed by atoms with E-state index in [-0.39, 0.29) is 24.6 Å². The number of carbonyl (C=O) groups is 1. The Morgan fingerprint density at radius 3 is 2.89 bits per heavy atom. The Bertz CT molecular complexity index is 465. The molecule has 0 radical (unpaired) electrons. The Balaban J connectivity index is 1.75. The van der Waals surface area contributed by atoms with Gasteiger partial charge in [0, 0.05) is 23.4 Å². The number of thiazole rings is 1. The molecule has 1 aromatic rings. The lowest BCUT2D eigenvalue weighted by molar-refractivity contribution is 0.231. The van der Waals surface area contributed by atoms with Crippen molar-refractivity contribution in [3.63, 3.8) is 0 Å². The van der Waals surface area contributed by atoms with Crippen LogP contribution in [0.15, 0.2) is 12.2 Å². The molecule has 5 nitrogen and oxygen atoms in total. The zero-order valence-electron chi connectivity index (χ0n) is 11.1. The predicted octanol–water partition coefficient (Wildman–Crippen LogP) is 1.50. The molecule has 0 saturated carbocycles. The monoisotopic (exact) mass is 281 g/mol. The highest BCUT2D eigenvalue weighted by atomic mass is 32.1. The van der Waals surface area contributed by atoms with E-state index in [4.69, 9.17) is 5.11 Å². The van der Waals surface area contributed by atoms with Crippen LogP contribution >= 0.6 is 11.3 Å². The number of nitrogens with one attached hydrogen (secondary N) is 2. The third kappa shape index (κ3) is 3.78. The number of urea groups is 1. The molecule has 0 fully saturated rings. The first-order valence-electron chi connectivity index (χ1n) is 6.35. The maximum Gasteiger partial charge on any atom is 0.315 e. The first kappa shape index (κ1) is 14.0. The summed E-state index contributed by atoms with van der Waals surface area (Å²) in [6.45, 7) is 4.57. The van der Waals surface area contributed by atoms with Gasteiger partial charge in [0.2, 0.25) is 0 Å². The molecule has 19 heavy (non-hydrogen) atoms. The molecule has 0 aliphatic heterocycles. The highest BCUT2D eigenvalue weighted by molar-refractivity contribution is 7.11. The van der Waals surface area contributed by atoms with Gasteiger partial charge in [-0.1, -0.05) is 12.2 Å². The van der Waals surface area contributed by atoms with Crippen LogP contribution in [0.2, 0.25) is 0 Å².